The Morgan fingerprint density at radius 1 is 1.00 bits per heavy atom. The quantitative estimate of drug-likeness (QED) is 0.288. The minimum Gasteiger partial charge on any atom is -0.495 e. The van der Waals surface area contributed by atoms with Crippen LogP contribution in [0.2, 0.25) is 0 Å². The molecule has 1 aromatic heterocycles. The van der Waals surface area contributed by atoms with Gasteiger partial charge in [0.15, 0.2) is 11.5 Å². The number of carbonyl (C=O) groups is 2. The molecule has 1 heterocycles. The van der Waals surface area contributed by atoms with Gasteiger partial charge in [-0.2, -0.15) is 4.37 Å². The third-order valence-corrected chi connectivity index (χ3v) is 6.26. The van der Waals surface area contributed by atoms with Crippen LogP contribution >= 0.6 is 23.3 Å². The Balaban J connectivity index is 1.99. The van der Waals surface area contributed by atoms with Crippen molar-refractivity contribution in [2.45, 2.75) is 18.9 Å². The van der Waals surface area contributed by atoms with Crippen molar-refractivity contribution in [3.05, 3.63) is 35.7 Å². The lowest BCUT2D eigenvalue weighted by atomic mass is 10.0. The number of amides is 1. The number of halogens is 1. The average Bonchev–Trinajstić information content (AvgIpc) is 3.38. The summed E-state index contributed by atoms with van der Waals surface area (Å²) >= 11 is 6.96. The summed E-state index contributed by atoms with van der Waals surface area (Å²) in [6, 6.07) is 8.04. The number of nitrogens with one attached hydrogen (secondary N) is 2. The van der Waals surface area contributed by atoms with Gasteiger partial charge in [-0.3, -0.25) is 9.59 Å². The predicted molar refractivity (Wildman–Crippen MR) is 137 cm³/mol. The van der Waals surface area contributed by atoms with Crippen LogP contribution in [0.15, 0.2) is 35.7 Å². The molecule has 36 heavy (non-hydrogen) atoms. The number of hydrogen-bond acceptors (Lipinski definition) is 9. The second-order valence-electron chi connectivity index (χ2n) is 7.49. The molecule has 10 nitrogen and oxygen atoms in total. The Hall–Kier alpha value is -3.54. The van der Waals surface area contributed by atoms with Gasteiger partial charge >= 0.3 is 5.97 Å². The number of carbonyl (C=O) groups excluding carboxylic acids is 1. The maximum atomic E-state index is 12.8. The number of aliphatic carboxylic acids is 1. The largest absolute Gasteiger partial charge is 0.495 e. The van der Waals surface area contributed by atoms with Gasteiger partial charge in [0.05, 0.1) is 39.8 Å². The molecule has 12 heteroatoms. The molecule has 0 saturated carbocycles. The summed E-state index contributed by atoms with van der Waals surface area (Å²) in [5.74, 6) is 0.374. The Bertz CT molecular complexity index is 1210. The van der Waals surface area contributed by atoms with Crippen LogP contribution in [0.25, 0.3) is 22.4 Å². The molecule has 192 valence electrons. The topological polar surface area (TPSA) is 128 Å². The molecule has 2 aromatic carbocycles. The van der Waals surface area contributed by atoms with E-state index in [4.69, 9.17) is 35.8 Å². The number of carboxylic acids is 1. The zero-order valence-electron chi connectivity index (χ0n) is 20.1. The number of carboxylic acid groups (broad SMARTS) is 1. The highest BCUT2D eigenvalue weighted by Crippen LogP contribution is 2.44. The second kappa shape index (κ2) is 12.4. The summed E-state index contributed by atoms with van der Waals surface area (Å²) in [7, 11) is 6.11. The van der Waals surface area contributed by atoms with Gasteiger partial charge < -0.3 is 29.4 Å². The summed E-state index contributed by atoms with van der Waals surface area (Å²) in [6.07, 6.45) is -0.194. The maximum Gasteiger partial charge on any atom is 0.303 e. The molecule has 3 rings (SSSR count). The summed E-state index contributed by atoms with van der Waals surface area (Å²) in [6.45, 7) is 0. The van der Waals surface area contributed by atoms with Crippen molar-refractivity contribution in [1.82, 2.24) is 9.21 Å². The minimum absolute atomic E-state index is 0.0202. The van der Waals surface area contributed by atoms with E-state index in [0.717, 1.165) is 16.7 Å². The molecular weight excluding hydrogens is 510 g/mol. The molecule has 1 atom stereocenters. The minimum atomic E-state index is -1.02. The van der Waals surface area contributed by atoms with Gasteiger partial charge in [0.1, 0.15) is 11.8 Å². The molecule has 1 amide bonds. The van der Waals surface area contributed by atoms with E-state index < -0.39 is 17.9 Å². The van der Waals surface area contributed by atoms with Crippen molar-refractivity contribution >= 4 is 40.9 Å². The zero-order valence-corrected chi connectivity index (χ0v) is 21.7. The van der Waals surface area contributed by atoms with Crippen molar-refractivity contribution in [3.8, 4) is 45.4 Å². The summed E-state index contributed by atoms with van der Waals surface area (Å²) in [5, 5.41) is 13.6. The first-order chi connectivity index (χ1) is 17.4. The number of benzene rings is 2. The van der Waals surface area contributed by atoms with Gasteiger partial charge in [-0.1, -0.05) is 6.07 Å². The van der Waals surface area contributed by atoms with Crippen LogP contribution in [-0.4, -0.2) is 55.8 Å². The van der Waals surface area contributed by atoms with Crippen LogP contribution < -0.4 is 29.1 Å². The Kier molecular flexibility index (Phi) is 9.34. The van der Waals surface area contributed by atoms with E-state index in [9.17, 15) is 9.59 Å². The van der Waals surface area contributed by atoms with Crippen molar-refractivity contribution < 1.29 is 33.6 Å². The molecule has 3 aromatic rings. The van der Waals surface area contributed by atoms with Crippen LogP contribution in [0, 0.1) is 0 Å². The van der Waals surface area contributed by atoms with Gasteiger partial charge in [0.2, 0.25) is 11.7 Å². The lowest BCUT2D eigenvalue weighted by Gasteiger charge is -2.17. The number of hydrogen-bond donors (Lipinski definition) is 3. The number of aromatic nitrogens is 1. The predicted octanol–water partition coefficient (Wildman–Crippen LogP) is 4.43. The van der Waals surface area contributed by atoms with E-state index in [0.29, 0.717) is 34.4 Å². The molecule has 0 saturated heterocycles. The Labute approximate surface area is 217 Å². The lowest BCUT2D eigenvalue weighted by Crippen LogP contribution is -2.36. The van der Waals surface area contributed by atoms with Gasteiger partial charge in [0, 0.05) is 22.9 Å². The number of nitrogens with zero attached hydrogens (tertiary/aromatic N) is 1. The smallest absolute Gasteiger partial charge is 0.303 e. The van der Waals surface area contributed by atoms with Crippen molar-refractivity contribution in [3.63, 3.8) is 0 Å². The molecule has 0 bridgehead atoms. The van der Waals surface area contributed by atoms with Crippen molar-refractivity contribution in [2.75, 3.05) is 33.8 Å². The first-order valence-electron chi connectivity index (χ1n) is 10.7. The van der Waals surface area contributed by atoms with Gasteiger partial charge in [-0.25, -0.2) is 4.84 Å². The summed E-state index contributed by atoms with van der Waals surface area (Å²) in [5.41, 5.74) is 3.41. The lowest BCUT2D eigenvalue weighted by molar-refractivity contribution is -0.137. The molecule has 0 aliphatic heterocycles. The van der Waals surface area contributed by atoms with E-state index in [1.807, 2.05) is 23.6 Å². The first-order valence-corrected chi connectivity index (χ1v) is 11.9. The Morgan fingerprint density at radius 3 is 2.22 bits per heavy atom. The SMILES string of the molecule is COc1ccc(-c2csnc2-c2cc(OC)c(OC)c(OC)c2)cc1NC(=O)[C@@H](CCC(=O)O)NCl. The fourth-order valence-corrected chi connectivity index (χ4v) is 4.49. The summed E-state index contributed by atoms with van der Waals surface area (Å²) in [4.78, 5) is 26.0. The first kappa shape index (κ1) is 27.1. The monoisotopic (exact) mass is 535 g/mol. The van der Waals surface area contributed by atoms with Crippen LogP contribution in [0.3, 0.4) is 0 Å². The van der Waals surface area contributed by atoms with E-state index in [2.05, 4.69) is 14.5 Å². The molecular formula is C24H26ClN3O7S. The standard InChI is InChI=1S/C24H26ClN3O7S/c1-32-18-7-5-13(9-17(18)26-24(31)16(27-25)6-8-21(29)30)15-12-36-28-22(15)14-10-19(33-2)23(35-4)20(11-14)34-3/h5,7,9-12,16,27H,6,8H2,1-4H3,(H,26,31)(H,29,30)/t16-/m1/s1. The molecule has 0 spiro atoms. The van der Waals surface area contributed by atoms with Gasteiger partial charge in [-0.05, 0) is 59.6 Å². The highest BCUT2D eigenvalue weighted by Gasteiger charge is 2.22. The maximum absolute atomic E-state index is 12.8. The molecule has 0 radical (unpaired) electrons. The average molecular weight is 536 g/mol. The highest BCUT2D eigenvalue weighted by atomic mass is 35.5. The molecule has 0 aliphatic carbocycles. The third-order valence-electron chi connectivity index (χ3n) is 5.37. The molecule has 0 fully saturated rings. The molecule has 3 N–H and O–H groups in total. The molecule has 0 unspecified atom stereocenters. The van der Waals surface area contributed by atoms with Crippen LogP contribution in [-0.2, 0) is 9.59 Å². The third kappa shape index (κ3) is 5.99. The fraction of sp³-hybridized carbons (Fsp3) is 0.292. The van der Waals surface area contributed by atoms with Crippen molar-refractivity contribution in [2.24, 2.45) is 0 Å². The van der Waals surface area contributed by atoms with E-state index >= 15 is 0 Å². The summed E-state index contributed by atoms with van der Waals surface area (Å²) < 4.78 is 26.3. The molecule has 0 aliphatic rings. The van der Waals surface area contributed by atoms with E-state index in [1.165, 1.54) is 25.8 Å². The normalized spacial score (nSPS) is 11.5. The number of rotatable bonds is 12. The Morgan fingerprint density at radius 2 is 1.67 bits per heavy atom. The second-order valence-corrected chi connectivity index (χ2v) is 8.34. The number of anilines is 1. The highest BCUT2D eigenvalue weighted by molar-refractivity contribution is 7.04. The van der Waals surface area contributed by atoms with Crippen LogP contribution in [0.1, 0.15) is 12.8 Å². The number of methoxy groups -OCH3 is 4. The van der Waals surface area contributed by atoms with Crippen LogP contribution in [0.5, 0.6) is 23.0 Å². The fourth-order valence-electron chi connectivity index (χ4n) is 3.56. The van der Waals surface area contributed by atoms with E-state index in [1.54, 1.807) is 26.4 Å². The van der Waals surface area contributed by atoms with Gasteiger partial charge in [0.25, 0.3) is 0 Å². The zero-order chi connectivity index (χ0) is 26.2. The van der Waals surface area contributed by atoms with Crippen molar-refractivity contribution in [1.29, 1.82) is 0 Å². The number of ether oxygens (including phenoxy) is 4. The van der Waals surface area contributed by atoms with Gasteiger partial charge in [-0.15, -0.1) is 0 Å². The van der Waals surface area contributed by atoms with E-state index in [-0.39, 0.29) is 12.8 Å². The van der Waals surface area contributed by atoms with Crippen LogP contribution in [0.4, 0.5) is 5.69 Å².